The molecule has 0 spiro atoms. The molecule has 0 saturated carbocycles. The quantitative estimate of drug-likeness (QED) is 0.812. The Morgan fingerprint density at radius 3 is 2.50 bits per heavy atom. The summed E-state index contributed by atoms with van der Waals surface area (Å²) in [6.07, 6.45) is 0.856. The van der Waals surface area contributed by atoms with Crippen LogP contribution in [0.25, 0.3) is 0 Å². The van der Waals surface area contributed by atoms with E-state index in [-0.39, 0.29) is 30.0 Å². The standard InChI is InChI=1S/C13H18N2O6S/c1-2-14-12(16)9-5-7-15(8-6-9)22(19,20)11-4-3-10(21-11)13(17)18/h3-4,9H,2,5-8H2,1H3,(H,14,16)(H,17,18). The molecular weight excluding hydrogens is 312 g/mol. The van der Waals surface area contributed by atoms with Gasteiger partial charge in [-0.3, -0.25) is 4.79 Å². The van der Waals surface area contributed by atoms with Crippen LogP contribution in [0.2, 0.25) is 0 Å². The van der Waals surface area contributed by atoms with E-state index in [2.05, 4.69) is 5.32 Å². The number of hydrogen-bond acceptors (Lipinski definition) is 5. The number of hydrogen-bond donors (Lipinski definition) is 2. The van der Waals surface area contributed by atoms with Crippen LogP contribution < -0.4 is 5.32 Å². The molecule has 1 saturated heterocycles. The summed E-state index contributed by atoms with van der Waals surface area (Å²) in [7, 11) is -3.86. The van der Waals surface area contributed by atoms with Crippen molar-refractivity contribution >= 4 is 21.9 Å². The Hall–Kier alpha value is -1.87. The molecule has 2 heterocycles. The minimum absolute atomic E-state index is 0.0642. The van der Waals surface area contributed by atoms with Gasteiger partial charge in [-0.2, -0.15) is 4.31 Å². The second-order valence-electron chi connectivity index (χ2n) is 5.00. The fourth-order valence-electron chi connectivity index (χ4n) is 2.38. The first-order chi connectivity index (χ1) is 10.4. The molecule has 0 unspecified atom stereocenters. The molecule has 0 aliphatic carbocycles. The third-order valence-corrected chi connectivity index (χ3v) is 5.33. The Balaban J connectivity index is 2.06. The summed E-state index contributed by atoms with van der Waals surface area (Å²) < 4.78 is 30.8. The first-order valence-electron chi connectivity index (χ1n) is 6.97. The normalized spacial score (nSPS) is 17.3. The van der Waals surface area contributed by atoms with Crippen molar-refractivity contribution in [1.82, 2.24) is 9.62 Å². The Bertz CT molecular complexity index is 658. The van der Waals surface area contributed by atoms with Crippen LogP contribution in [0.3, 0.4) is 0 Å². The van der Waals surface area contributed by atoms with E-state index in [9.17, 15) is 18.0 Å². The van der Waals surface area contributed by atoms with Crippen LogP contribution >= 0.6 is 0 Å². The molecule has 1 amide bonds. The summed E-state index contributed by atoms with van der Waals surface area (Å²) in [5.74, 6) is -2.00. The first kappa shape index (κ1) is 16.5. The Kier molecular flexibility index (Phi) is 4.87. The molecule has 22 heavy (non-hydrogen) atoms. The van der Waals surface area contributed by atoms with Crippen LogP contribution in [0.5, 0.6) is 0 Å². The zero-order valence-corrected chi connectivity index (χ0v) is 12.9. The molecule has 0 atom stereocenters. The van der Waals surface area contributed by atoms with E-state index in [4.69, 9.17) is 9.52 Å². The van der Waals surface area contributed by atoms with Crippen molar-refractivity contribution in [3.05, 3.63) is 17.9 Å². The zero-order valence-electron chi connectivity index (χ0n) is 12.1. The van der Waals surface area contributed by atoms with Gasteiger partial charge in [-0.25, -0.2) is 13.2 Å². The first-order valence-corrected chi connectivity index (χ1v) is 8.41. The minimum atomic E-state index is -3.86. The van der Waals surface area contributed by atoms with Gasteiger partial charge in [0.25, 0.3) is 10.0 Å². The van der Waals surface area contributed by atoms with Crippen molar-refractivity contribution in [2.45, 2.75) is 24.9 Å². The number of furan rings is 1. The highest BCUT2D eigenvalue weighted by molar-refractivity contribution is 7.89. The lowest BCUT2D eigenvalue weighted by molar-refractivity contribution is -0.126. The molecule has 0 aromatic carbocycles. The van der Waals surface area contributed by atoms with Gasteiger partial charge in [0.1, 0.15) is 0 Å². The fraction of sp³-hybridized carbons (Fsp3) is 0.538. The summed E-state index contributed by atoms with van der Waals surface area (Å²) in [6.45, 7) is 2.77. The smallest absolute Gasteiger partial charge is 0.371 e. The van der Waals surface area contributed by atoms with Crippen molar-refractivity contribution in [2.24, 2.45) is 5.92 Å². The van der Waals surface area contributed by atoms with Crippen LogP contribution in [0.15, 0.2) is 21.6 Å². The largest absolute Gasteiger partial charge is 0.475 e. The molecule has 2 rings (SSSR count). The number of carbonyl (C=O) groups is 2. The van der Waals surface area contributed by atoms with Gasteiger partial charge in [0.05, 0.1) is 0 Å². The predicted molar refractivity (Wildman–Crippen MR) is 75.8 cm³/mol. The highest BCUT2D eigenvalue weighted by Gasteiger charge is 2.34. The summed E-state index contributed by atoms with van der Waals surface area (Å²) in [4.78, 5) is 22.5. The second-order valence-corrected chi connectivity index (χ2v) is 6.87. The Morgan fingerprint density at radius 1 is 1.36 bits per heavy atom. The summed E-state index contributed by atoms with van der Waals surface area (Å²) >= 11 is 0. The van der Waals surface area contributed by atoms with Gasteiger partial charge in [-0.05, 0) is 31.9 Å². The van der Waals surface area contributed by atoms with Gasteiger partial charge in [-0.1, -0.05) is 0 Å². The molecule has 1 fully saturated rings. The summed E-state index contributed by atoms with van der Waals surface area (Å²) in [6, 6.07) is 2.24. The minimum Gasteiger partial charge on any atom is -0.475 e. The van der Waals surface area contributed by atoms with E-state index in [0.717, 1.165) is 12.1 Å². The van der Waals surface area contributed by atoms with Gasteiger partial charge >= 0.3 is 5.97 Å². The lowest BCUT2D eigenvalue weighted by atomic mass is 9.97. The topological polar surface area (TPSA) is 117 Å². The maximum absolute atomic E-state index is 12.4. The number of piperidine rings is 1. The number of nitrogens with one attached hydrogen (secondary N) is 1. The average molecular weight is 330 g/mol. The fourth-order valence-corrected chi connectivity index (χ4v) is 3.76. The molecule has 1 aromatic heterocycles. The van der Waals surface area contributed by atoms with E-state index in [0.29, 0.717) is 19.4 Å². The molecule has 8 nitrogen and oxygen atoms in total. The van der Waals surface area contributed by atoms with Gasteiger partial charge < -0.3 is 14.8 Å². The number of carboxylic acid groups (broad SMARTS) is 1. The number of sulfonamides is 1. The van der Waals surface area contributed by atoms with Gasteiger partial charge in [0, 0.05) is 25.6 Å². The number of amides is 1. The van der Waals surface area contributed by atoms with Gasteiger partial charge in [-0.15, -0.1) is 0 Å². The maximum Gasteiger partial charge on any atom is 0.371 e. The molecule has 0 bridgehead atoms. The van der Waals surface area contributed by atoms with E-state index < -0.39 is 21.8 Å². The number of carboxylic acids is 1. The van der Waals surface area contributed by atoms with Crippen LogP contribution in [0.4, 0.5) is 0 Å². The molecule has 9 heteroatoms. The van der Waals surface area contributed by atoms with Crippen LogP contribution in [-0.4, -0.2) is 49.3 Å². The number of rotatable bonds is 5. The summed E-state index contributed by atoms with van der Waals surface area (Å²) in [5, 5.41) is 11.1. The molecule has 0 radical (unpaired) electrons. The molecule has 1 aliphatic rings. The van der Waals surface area contributed by atoms with E-state index >= 15 is 0 Å². The average Bonchev–Trinajstić information content (AvgIpc) is 2.98. The number of nitrogens with zero attached hydrogens (tertiary/aromatic N) is 1. The van der Waals surface area contributed by atoms with E-state index in [1.54, 1.807) is 0 Å². The molecular formula is C13H18N2O6S. The third kappa shape index (κ3) is 3.30. The maximum atomic E-state index is 12.4. The number of carbonyl (C=O) groups excluding carboxylic acids is 1. The van der Waals surface area contributed by atoms with Crippen LogP contribution in [-0.2, 0) is 14.8 Å². The Labute approximate surface area is 128 Å². The van der Waals surface area contributed by atoms with Crippen molar-refractivity contribution in [1.29, 1.82) is 0 Å². The van der Waals surface area contributed by atoms with Gasteiger partial charge in [0.2, 0.25) is 16.8 Å². The highest BCUT2D eigenvalue weighted by Crippen LogP contribution is 2.25. The van der Waals surface area contributed by atoms with E-state index in [1.807, 2.05) is 6.92 Å². The lowest BCUT2D eigenvalue weighted by Crippen LogP contribution is -2.42. The predicted octanol–water partition coefficient (Wildman–Crippen LogP) is 0.515. The molecule has 1 aromatic rings. The lowest BCUT2D eigenvalue weighted by Gasteiger charge is -2.29. The highest BCUT2D eigenvalue weighted by atomic mass is 32.2. The zero-order chi connectivity index (χ0) is 16.3. The third-order valence-electron chi connectivity index (χ3n) is 3.56. The monoisotopic (exact) mass is 330 g/mol. The summed E-state index contributed by atoms with van der Waals surface area (Å²) in [5.41, 5.74) is 0. The van der Waals surface area contributed by atoms with E-state index in [1.165, 1.54) is 4.31 Å². The van der Waals surface area contributed by atoms with Crippen molar-refractivity contribution in [3.63, 3.8) is 0 Å². The number of aromatic carboxylic acids is 1. The SMILES string of the molecule is CCNC(=O)C1CCN(S(=O)(=O)c2ccc(C(=O)O)o2)CC1. The van der Waals surface area contributed by atoms with Crippen LogP contribution in [0.1, 0.15) is 30.3 Å². The van der Waals surface area contributed by atoms with Crippen molar-refractivity contribution in [2.75, 3.05) is 19.6 Å². The molecule has 122 valence electrons. The molecule has 1 aliphatic heterocycles. The van der Waals surface area contributed by atoms with Gasteiger partial charge in [0.15, 0.2) is 0 Å². The van der Waals surface area contributed by atoms with Crippen molar-refractivity contribution in [3.8, 4) is 0 Å². The van der Waals surface area contributed by atoms with Crippen LogP contribution in [0, 0.1) is 5.92 Å². The Morgan fingerprint density at radius 2 is 2.00 bits per heavy atom. The second kappa shape index (κ2) is 6.49. The van der Waals surface area contributed by atoms with Crippen molar-refractivity contribution < 1.29 is 27.5 Å². The molecule has 2 N–H and O–H groups in total.